The minimum Gasteiger partial charge on any atom is -0.308 e. The average Bonchev–Trinajstić information content (AvgIpc) is 2.53. The Hall–Kier alpha value is -1.47. The molecule has 0 spiro atoms. The molecule has 1 atom stereocenters. The maximum atomic E-state index is 12.3. The molecule has 2 N–H and O–H groups in total. The van der Waals surface area contributed by atoms with Crippen molar-refractivity contribution in [3.05, 3.63) is 59.4 Å². The van der Waals surface area contributed by atoms with Crippen molar-refractivity contribution in [1.82, 2.24) is 15.0 Å². The molecule has 1 aliphatic heterocycles. The highest BCUT2D eigenvalue weighted by atomic mass is 35.5. The molecule has 0 radical (unpaired) electrons. The van der Waals surface area contributed by atoms with Crippen LogP contribution in [0.15, 0.2) is 47.5 Å². The van der Waals surface area contributed by atoms with Crippen LogP contribution in [-0.2, 0) is 16.4 Å². The fraction of sp³-hybridized carbons (Fsp3) is 0.312. The Bertz CT molecular complexity index is 763. The highest BCUT2D eigenvalue weighted by Crippen LogP contribution is 2.22. The number of hydrogen-bond donors (Lipinski definition) is 2. The number of aryl methyl sites for hydroxylation is 1. The van der Waals surface area contributed by atoms with Crippen LogP contribution in [-0.4, -0.2) is 26.5 Å². The SMILES string of the molecule is Cc1ccc(S(=O)(=O)NCC2NCCc3ccccc32)cn1.Cl. The zero-order valence-electron chi connectivity index (χ0n) is 12.8. The van der Waals surface area contributed by atoms with Crippen LogP contribution < -0.4 is 10.0 Å². The molecule has 2 heterocycles. The predicted octanol–water partition coefficient (Wildman–Crippen LogP) is 1.98. The van der Waals surface area contributed by atoms with E-state index < -0.39 is 10.0 Å². The molecule has 3 rings (SSSR count). The summed E-state index contributed by atoms with van der Waals surface area (Å²) in [4.78, 5) is 4.24. The number of hydrogen-bond acceptors (Lipinski definition) is 4. The van der Waals surface area contributed by atoms with Gasteiger partial charge in [-0.1, -0.05) is 24.3 Å². The molecule has 0 saturated carbocycles. The molecule has 124 valence electrons. The summed E-state index contributed by atoms with van der Waals surface area (Å²) in [6.45, 7) is 3.01. The molecule has 0 amide bonds. The Kier molecular flexibility index (Phi) is 5.75. The Morgan fingerprint density at radius 1 is 1.26 bits per heavy atom. The van der Waals surface area contributed by atoms with Gasteiger partial charge in [-0.05, 0) is 43.1 Å². The Morgan fingerprint density at radius 3 is 2.78 bits per heavy atom. The molecular weight excluding hydrogens is 334 g/mol. The topological polar surface area (TPSA) is 71.1 Å². The first-order valence-electron chi connectivity index (χ1n) is 7.30. The van der Waals surface area contributed by atoms with E-state index in [9.17, 15) is 8.42 Å². The molecule has 1 unspecified atom stereocenters. The molecular formula is C16H20ClN3O2S. The first-order chi connectivity index (χ1) is 10.6. The van der Waals surface area contributed by atoms with E-state index in [2.05, 4.69) is 21.1 Å². The molecule has 2 aromatic rings. The van der Waals surface area contributed by atoms with Gasteiger partial charge in [-0.15, -0.1) is 12.4 Å². The average molecular weight is 354 g/mol. The number of benzene rings is 1. The van der Waals surface area contributed by atoms with Crippen molar-refractivity contribution in [3.63, 3.8) is 0 Å². The smallest absolute Gasteiger partial charge is 0.242 e. The minimum absolute atomic E-state index is 0. The molecule has 0 fully saturated rings. The second-order valence-electron chi connectivity index (χ2n) is 5.44. The molecule has 7 heteroatoms. The van der Waals surface area contributed by atoms with Crippen LogP contribution in [0.25, 0.3) is 0 Å². The number of halogens is 1. The summed E-state index contributed by atoms with van der Waals surface area (Å²) < 4.78 is 27.3. The van der Waals surface area contributed by atoms with Gasteiger partial charge in [0.1, 0.15) is 4.90 Å². The zero-order chi connectivity index (χ0) is 15.6. The quantitative estimate of drug-likeness (QED) is 0.881. The summed E-state index contributed by atoms with van der Waals surface area (Å²) in [5.41, 5.74) is 3.24. The fourth-order valence-electron chi connectivity index (χ4n) is 2.66. The zero-order valence-corrected chi connectivity index (χ0v) is 14.5. The Morgan fingerprint density at radius 2 is 2.04 bits per heavy atom. The van der Waals surface area contributed by atoms with E-state index in [1.807, 2.05) is 25.1 Å². The van der Waals surface area contributed by atoms with Crippen molar-refractivity contribution in [2.45, 2.75) is 24.3 Å². The van der Waals surface area contributed by atoms with Crippen molar-refractivity contribution in [2.24, 2.45) is 0 Å². The maximum Gasteiger partial charge on any atom is 0.242 e. The van der Waals surface area contributed by atoms with E-state index in [-0.39, 0.29) is 23.3 Å². The molecule has 0 aliphatic carbocycles. The number of aromatic nitrogens is 1. The van der Waals surface area contributed by atoms with E-state index in [0.717, 1.165) is 18.7 Å². The van der Waals surface area contributed by atoms with Gasteiger partial charge in [0.15, 0.2) is 0 Å². The number of pyridine rings is 1. The monoisotopic (exact) mass is 353 g/mol. The van der Waals surface area contributed by atoms with Gasteiger partial charge in [0.2, 0.25) is 10.0 Å². The third-order valence-corrected chi connectivity index (χ3v) is 5.30. The summed E-state index contributed by atoms with van der Waals surface area (Å²) in [6.07, 6.45) is 2.36. The van der Waals surface area contributed by atoms with Crippen LogP contribution >= 0.6 is 12.4 Å². The standard InChI is InChI=1S/C16H19N3O2S.ClH/c1-12-6-7-14(10-18-12)22(20,21)19-11-16-15-5-3-2-4-13(15)8-9-17-16;/h2-7,10,16-17,19H,8-9,11H2,1H3;1H. The van der Waals surface area contributed by atoms with Crippen molar-refractivity contribution in [1.29, 1.82) is 0 Å². The summed E-state index contributed by atoms with van der Waals surface area (Å²) in [7, 11) is -3.53. The van der Waals surface area contributed by atoms with Crippen molar-refractivity contribution in [3.8, 4) is 0 Å². The summed E-state index contributed by atoms with van der Waals surface area (Å²) in [6, 6.07) is 11.4. The Labute approximate surface area is 143 Å². The maximum absolute atomic E-state index is 12.3. The number of nitrogens with zero attached hydrogens (tertiary/aromatic N) is 1. The molecule has 1 aromatic carbocycles. The Balaban J connectivity index is 0.00000192. The van der Waals surface area contributed by atoms with E-state index in [0.29, 0.717) is 6.54 Å². The second kappa shape index (κ2) is 7.40. The van der Waals surface area contributed by atoms with Gasteiger partial charge in [0, 0.05) is 24.5 Å². The van der Waals surface area contributed by atoms with Gasteiger partial charge in [0.05, 0.1) is 0 Å². The van der Waals surface area contributed by atoms with Crippen molar-refractivity contribution in [2.75, 3.05) is 13.1 Å². The van der Waals surface area contributed by atoms with Crippen LogP contribution in [0.1, 0.15) is 22.9 Å². The third-order valence-electron chi connectivity index (χ3n) is 3.89. The van der Waals surface area contributed by atoms with Crippen molar-refractivity contribution < 1.29 is 8.42 Å². The lowest BCUT2D eigenvalue weighted by atomic mass is 9.95. The van der Waals surface area contributed by atoms with Gasteiger partial charge < -0.3 is 5.32 Å². The van der Waals surface area contributed by atoms with Gasteiger partial charge >= 0.3 is 0 Å². The third kappa shape index (κ3) is 4.09. The lowest BCUT2D eigenvalue weighted by Gasteiger charge is -2.27. The number of sulfonamides is 1. The largest absolute Gasteiger partial charge is 0.308 e. The summed E-state index contributed by atoms with van der Waals surface area (Å²) in [5, 5.41) is 3.37. The van der Waals surface area contributed by atoms with Crippen LogP contribution in [0.4, 0.5) is 0 Å². The number of rotatable bonds is 4. The summed E-state index contributed by atoms with van der Waals surface area (Å²) >= 11 is 0. The van der Waals surface area contributed by atoms with Crippen LogP contribution in [0, 0.1) is 6.92 Å². The minimum atomic E-state index is -3.53. The first-order valence-corrected chi connectivity index (χ1v) is 8.78. The van der Waals surface area contributed by atoms with E-state index in [1.54, 1.807) is 12.1 Å². The van der Waals surface area contributed by atoms with Gasteiger partial charge in [-0.3, -0.25) is 4.98 Å². The van der Waals surface area contributed by atoms with E-state index in [4.69, 9.17) is 0 Å². The van der Waals surface area contributed by atoms with Crippen molar-refractivity contribution >= 4 is 22.4 Å². The van der Waals surface area contributed by atoms with Crippen LogP contribution in [0.5, 0.6) is 0 Å². The van der Waals surface area contributed by atoms with Gasteiger partial charge in [-0.25, -0.2) is 13.1 Å². The highest BCUT2D eigenvalue weighted by Gasteiger charge is 2.22. The van der Waals surface area contributed by atoms with Gasteiger partial charge in [-0.2, -0.15) is 0 Å². The van der Waals surface area contributed by atoms with Crippen LogP contribution in [0.2, 0.25) is 0 Å². The molecule has 0 bridgehead atoms. The molecule has 5 nitrogen and oxygen atoms in total. The molecule has 1 aromatic heterocycles. The molecule has 0 saturated heterocycles. The normalized spacial score (nSPS) is 17.2. The fourth-order valence-corrected chi connectivity index (χ4v) is 3.66. The number of nitrogens with one attached hydrogen (secondary N) is 2. The number of fused-ring (bicyclic) bond motifs is 1. The summed E-state index contributed by atoms with van der Waals surface area (Å²) in [5.74, 6) is 0. The predicted molar refractivity (Wildman–Crippen MR) is 92.3 cm³/mol. The van der Waals surface area contributed by atoms with E-state index in [1.165, 1.54) is 17.3 Å². The van der Waals surface area contributed by atoms with Gasteiger partial charge in [0.25, 0.3) is 0 Å². The lowest BCUT2D eigenvalue weighted by Crippen LogP contribution is -2.38. The molecule has 1 aliphatic rings. The highest BCUT2D eigenvalue weighted by molar-refractivity contribution is 7.89. The lowest BCUT2D eigenvalue weighted by molar-refractivity contribution is 0.491. The second-order valence-corrected chi connectivity index (χ2v) is 7.21. The molecule has 23 heavy (non-hydrogen) atoms. The van der Waals surface area contributed by atoms with Crippen LogP contribution in [0.3, 0.4) is 0 Å². The first kappa shape index (κ1) is 17.9. The van der Waals surface area contributed by atoms with E-state index >= 15 is 0 Å².